The minimum Gasteiger partial charge on any atom is -0.331 e. The number of hydrogen-bond donors (Lipinski definition) is 0. The van der Waals surface area contributed by atoms with Crippen LogP contribution >= 0.6 is 0 Å². The lowest BCUT2D eigenvalue weighted by Crippen LogP contribution is -2.61. The third-order valence-corrected chi connectivity index (χ3v) is 7.79. The summed E-state index contributed by atoms with van der Waals surface area (Å²) in [5, 5.41) is 0. The summed E-state index contributed by atoms with van der Waals surface area (Å²) >= 11 is 0. The van der Waals surface area contributed by atoms with Gasteiger partial charge in [0.1, 0.15) is 0 Å². The highest BCUT2D eigenvalue weighted by Crippen LogP contribution is 2.43. The number of piperidine rings is 1. The van der Waals surface area contributed by atoms with E-state index in [4.69, 9.17) is 0 Å². The van der Waals surface area contributed by atoms with Crippen LogP contribution in [0.4, 0.5) is 13.2 Å². The summed E-state index contributed by atoms with van der Waals surface area (Å²) in [6.07, 6.45) is -3.29. The Kier molecular flexibility index (Phi) is 5.26. The number of amides is 1. The monoisotopic (exact) mass is 419 g/mol. The molecule has 1 aromatic carbocycles. The Morgan fingerprint density at radius 2 is 1.82 bits per heavy atom. The number of alkyl halides is 3. The van der Waals surface area contributed by atoms with Crippen LogP contribution in [0.2, 0.25) is 0 Å². The van der Waals surface area contributed by atoms with Crippen LogP contribution in [-0.2, 0) is 27.7 Å². The molecular formula is C18H24F3N3O3S. The lowest BCUT2D eigenvalue weighted by molar-refractivity contribution is -0.143. The zero-order chi connectivity index (χ0) is 20.9. The summed E-state index contributed by atoms with van der Waals surface area (Å²) in [6, 6.07) is 4.38. The van der Waals surface area contributed by atoms with Crippen molar-refractivity contribution in [3.05, 3.63) is 35.4 Å². The topological polar surface area (TPSA) is 60.9 Å². The molecule has 2 saturated heterocycles. The Morgan fingerprint density at radius 3 is 2.36 bits per heavy atom. The van der Waals surface area contributed by atoms with Gasteiger partial charge in [-0.15, -0.1) is 0 Å². The Morgan fingerprint density at radius 1 is 1.21 bits per heavy atom. The third-order valence-electron chi connectivity index (χ3n) is 5.83. The minimum atomic E-state index is -4.41. The molecule has 0 saturated carbocycles. The summed E-state index contributed by atoms with van der Waals surface area (Å²) in [7, 11) is -0.675. The van der Waals surface area contributed by atoms with E-state index in [1.807, 2.05) is 6.92 Å². The van der Waals surface area contributed by atoms with Crippen molar-refractivity contribution in [1.82, 2.24) is 13.5 Å². The second kappa shape index (κ2) is 7.00. The van der Waals surface area contributed by atoms with Gasteiger partial charge in [-0.3, -0.25) is 4.79 Å². The Balaban J connectivity index is 1.86. The molecule has 2 fully saturated rings. The zero-order valence-electron chi connectivity index (χ0n) is 16.0. The van der Waals surface area contributed by atoms with E-state index in [1.165, 1.54) is 30.5 Å². The lowest BCUT2D eigenvalue weighted by Gasteiger charge is -2.47. The molecule has 1 aromatic rings. The number of halogens is 3. The molecule has 156 valence electrons. The van der Waals surface area contributed by atoms with Gasteiger partial charge in [0.15, 0.2) is 0 Å². The summed E-state index contributed by atoms with van der Waals surface area (Å²) in [4.78, 5) is 14.3. The molecule has 1 amide bonds. The Labute approximate surface area is 163 Å². The number of likely N-dealkylation sites (tertiary alicyclic amines) is 1. The fraction of sp³-hybridized carbons (Fsp3) is 0.611. The molecule has 0 spiro atoms. The fourth-order valence-electron chi connectivity index (χ4n) is 4.16. The maximum absolute atomic E-state index is 12.8. The molecule has 0 radical (unpaired) electrons. The summed E-state index contributed by atoms with van der Waals surface area (Å²) in [5.74, 6) is -0.109. The number of hydrogen-bond acceptors (Lipinski definition) is 3. The smallest absolute Gasteiger partial charge is 0.331 e. The predicted molar refractivity (Wildman–Crippen MR) is 97.4 cm³/mol. The molecule has 10 heteroatoms. The molecule has 2 heterocycles. The maximum atomic E-state index is 12.8. The third kappa shape index (κ3) is 3.53. The maximum Gasteiger partial charge on any atom is 0.416 e. The second-order valence-electron chi connectivity index (χ2n) is 7.74. The summed E-state index contributed by atoms with van der Waals surface area (Å²) in [5.41, 5.74) is -0.854. The van der Waals surface area contributed by atoms with Crippen molar-refractivity contribution < 1.29 is 26.4 Å². The van der Waals surface area contributed by atoms with Gasteiger partial charge in [-0.05, 0) is 37.5 Å². The fourth-order valence-corrected chi connectivity index (χ4v) is 5.55. The first kappa shape index (κ1) is 21.1. The molecule has 2 aliphatic rings. The molecule has 0 aliphatic carbocycles. The molecular weight excluding hydrogens is 395 g/mol. The Bertz CT molecular complexity index is 855. The van der Waals surface area contributed by atoms with Crippen LogP contribution in [0.15, 0.2) is 24.3 Å². The average molecular weight is 419 g/mol. The zero-order valence-corrected chi connectivity index (χ0v) is 16.8. The average Bonchev–Trinajstić information content (AvgIpc) is 2.95. The van der Waals surface area contributed by atoms with Crippen LogP contribution in [0.1, 0.15) is 37.3 Å². The van der Waals surface area contributed by atoms with Gasteiger partial charge in [0.25, 0.3) is 10.2 Å². The largest absolute Gasteiger partial charge is 0.416 e. The van der Waals surface area contributed by atoms with E-state index < -0.39 is 27.5 Å². The highest BCUT2D eigenvalue weighted by Gasteiger charge is 2.55. The number of carbonyl (C=O) groups is 1. The highest BCUT2D eigenvalue weighted by atomic mass is 32.2. The van der Waals surface area contributed by atoms with Gasteiger partial charge in [0.2, 0.25) is 5.91 Å². The minimum absolute atomic E-state index is 0.109. The van der Waals surface area contributed by atoms with Crippen molar-refractivity contribution in [2.24, 2.45) is 0 Å². The van der Waals surface area contributed by atoms with Crippen LogP contribution in [0.5, 0.6) is 0 Å². The standard InChI is InChI=1S/C18H24F3N3O3S/c1-17-10-11-24(28(26,27)22(2)3)15(17)8-9-16(25)23(17)12-13-4-6-14(7-5-13)18(19,20)21/h4-7,15H,8-12H2,1-3H3/t15-,17-/m0/s1. The number of carbonyl (C=O) groups excluding carboxylic acids is 1. The van der Waals surface area contributed by atoms with E-state index >= 15 is 0 Å². The first-order chi connectivity index (χ1) is 12.9. The van der Waals surface area contributed by atoms with Gasteiger partial charge in [0, 0.05) is 39.6 Å². The van der Waals surface area contributed by atoms with Gasteiger partial charge in [0.05, 0.1) is 11.1 Å². The van der Waals surface area contributed by atoms with Crippen molar-refractivity contribution in [3.63, 3.8) is 0 Å². The number of benzene rings is 1. The number of rotatable bonds is 4. The van der Waals surface area contributed by atoms with Gasteiger partial charge in [-0.2, -0.15) is 30.2 Å². The van der Waals surface area contributed by atoms with Crippen LogP contribution < -0.4 is 0 Å². The summed E-state index contributed by atoms with van der Waals surface area (Å²) < 4.78 is 66.2. The van der Waals surface area contributed by atoms with Crippen LogP contribution in [-0.4, -0.2) is 60.1 Å². The van der Waals surface area contributed by atoms with Crippen molar-refractivity contribution >= 4 is 16.1 Å². The molecule has 3 rings (SSSR count). The SMILES string of the molecule is CN(C)S(=O)(=O)N1CC[C@@]2(C)[C@@H]1CCC(=O)N2Cc1ccc(C(F)(F)F)cc1. The van der Waals surface area contributed by atoms with Crippen molar-refractivity contribution in [3.8, 4) is 0 Å². The molecule has 0 bridgehead atoms. The van der Waals surface area contributed by atoms with Crippen molar-refractivity contribution in [1.29, 1.82) is 0 Å². The molecule has 2 aliphatic heterocycles. The molecule has 2 atom stereocenters. The highest BCUT2D eigenvalue weighted by molar-refractivity contribution is 7.86. The van der Waals surface area contributed by atoms with Gasteiger partial charge in [-0.1, -0.05) is 12.1 Å². The Hall–Kier alpha value is -1.65. The number of fused-ring (bicyclic) bond motifs is 1. The molecule has 0 unspecified atom stereocenters. The van der Waals surface area contributed by atoms with E-state index in [0.29, 0.717) is 24.9 Å². The molecule has 0 N–H and O–H groups in total. The van der Waals surface area contributed by atoms with Gasteiger partial charge < -0.3 is 4.90 Å². The molecule has 0 aromatic heterocycles. The van der Waals surface area contributed by atoms with Crippen LogP contribution in [0.3, 0.4) is 0 Å². The van der Waals surface area contributed by atoms with E-state index in [-0.39, 0.29) is 24.9 Å². The van der Waals surface area contributed by atoms with E-state index in [1.54, 1.807) is 4.90 Å². The normalized spacial score (nSPS) is 26.8. The van der Waals surface area contributed by atoms with E-state index in [9.17, 15) is 26.4 Å². The molecule has 28 heavy (non-hydrogen) atoms. The lowest BCUT2D eigenvalue weighted by atomic mass is 9.83. The second-order valence-corrected chi connectivity index (χ2v) is 9.83. The van der Waals surface area contributed by atoms with Crippen LogP contribution in [0, 0.1) is 0 Å². The van der Waals surface area contributed by atoms with E-state index in [0.717, 1.165) is 16.4 Å². The number of nitrogens with zero attached hydrogens (tertiary/aromatic N) is 3. The van der Waals surface area contributed by atoms with Crippen LogP contribution in [0.25, 0.3) is 0 Å². The van der Waals surface area contributed by atoms with Gasteiger partial charge in [-0.25, -0.2) is 0 Å². The molecule has 6 nitrogen and oxygen atoms in total. The quantitative estimate of drug-likeness (QED) is 0.753. The van der Waals surface area contributed by atoms with Gasteiger partial charge >= 0.3 is 6.18 Å². The predicted octanol–water partition coefficient (Wildman–Crippen LogP) is 2.47. The first-order valence-electron chi connectivity index (χ1n) is 9.03. The van der Waals surface area contributed by atoms with Crippen molar-refractivity contribution in [2.75, 3.05) is 20.6 Å². The van der Waals surface area contributed by atoms with Crippen molar-refractivity contribution in [2.45, 2.75) is 50.5 Å². The summed E-state index contributed by atoms with van der Waals surface area (Å²) in [6.45, 7) is 2.32. The first-order valence-corrected chi connectivity index (χ1v) is 10.4. The van der Waals surface area contributed by atoms with E-state index in [2.05, 4.69) is 0 Å².